The molecule has 0 aliphatic carbocycles. The Bertz CT molecular complexity index is 525. The second kappa shape index (κ2) is 4.22. The molecule has 5 heteroatoms. The van der Waals surface area contributed by atoms with Crippen molar-refractivity contribution in [3.63, 3.8) is 0 Å². The van der Waals surface area contributed by atoms with E-state index in [1.54, 1.807) is 6.92 Å². The molecule has 0 N–H and O–H groups in total. The van der Waals surface area contributed by atoms with Crippen molar-refractivity contribution < 1.29 is 13.2 Å². The molecule has 0 bridgehead atoms. The number of aromatic nitrogens is 1. The second-order valence-electron chi connectivity index (χ2n) is 3.31. The number of halogens is 3. The van der Waals surface area contributed by atoms with Crippen molar-refractivity contribution in [2.45, 2.75) is 12.8 Å². The van der Waals surface area contributed by atoms with Crippen LogP contribution in [-0.2, 0) is 5.88 Å². The molecule has 0 saturated heterocycles. The van der Waals surface area contributed by atoms with Gasteiger partial charge in [0, 0.05) is 0 Å². The third-order valence-corrected chi connectivity index (χ3v) is 2.43. The van der Waals surface area contributed by atoms with E-state index in [9.17, 15) is 8.78 Å². The van der Waals surface area contributed by atoms with Crippen LogP contribution in [0, 0.1) is 18.6 Å². The Morgan fingerprint density at radius 1 is 1.38 bits per heavy atom. The molecule has 0 fully saturated rings. The molecule has 0 unspecified atom stereocenters. The minimum absolute atomic E-state index is 0.0503. The molecule has 84 valence electrons. The molecule has 0 saturated carbocycles. The van der Waals surface area contributed by atoms with E-state index in [0.717, 1.165) is 0 Å². The van der Waals surface area contributed by atoms with Gasteiger partial charge in [0.15, 0.2) is 5.76 Å². The van der Waals surface area contributed by atoms with Gasteiger partial charge in [0.2, 0.25) is 5.89 Å². The normalized spacial score (nSPS) is 10.8. The fourth-order valence-electron chi connectivity index (χ4n) is 1.37. The van der Waals surface area contributed by atoms with E-state index in [1.165, 1.54) is 18.3 Å². The lowest BCUT2D eigenvalue weighted by Gasteiger charge is -2.03. The molecule has 0 aliphatic rings. The van der Waals surface area contributed by atoms with Gasteiger partial charge in [-0.25, -0.2) is 13.8 Å². The van der Waals surface area contributed by atoms with Crippen molar-refractivity contribution in [2.24, 2.45) is 0 Å². The first-order valence-electron chi connectivity index (χ1n) is 4.59. The van der Waals surface area contributed by atoms with E-state index >= 15 is 0 Å². The molecule has 0 amide bonds. The number of alkyl halides is 1. The first kappa shape index (κ1) is 11.1. The standard InChI is InChI=1S/C11H8ClF2NO/c1-6-2-3-7(13)10(11(6)14)8-5-15-9(4-12)16-8/h2-3,5H,4H2,1H3. The third-order valence-electron chi connectivity index (χ3n) is 2.20. The average molecular weight is 244 g/mol. The Hall–Kier alpha value is -1.42. The zero-order valence-corrected chi connectivity index (χ0v) is 9.18. The highest BCUT2D eigenvalue weighted by Gasteiger charge is 2.17. The summed E-state index contributed by atoms with van der Waals surface area (Å²) >= 11 is 5.49. The highest BCUT2D eigenvalue weighted by Crippen LogP contribution is 2.28. The number of nitrogens with zero attached hydrogens (tertiary/aromatic N) is 1. The SMILES string of the molecule is Cc1ccc(F)c(-c2cnc(CCl)o2)c1F. The summed E-state index contributed by atoms with van der Waals surface area (Å²) < 4.78 is 32.3. The zero-order valence-electron chi connectivity index (χ0n) is 8.43. The number of rotatable bonds is 2. The second-order valence-corrected chi connectivity index (χ2v) is 3.57. The van der Waals surface area contributed by atoms with Crippen LogP contribution in [-0.4, -0.2) is 4.98 Å². The van der Waals surface area contributed by atoms with Crippen LogP contribution in [0.5, 0.6) is 0 Å². The van der Waals surface area contributed by atoms with Crippen LogP contribution in [0.1, 0.15) is 11.5 Å². The molecule has 0 atom stereocenters. The lowest BCUT2D eigenvalue weighted by Crippen LogP contribution is -1.91. The summed E-state index contributed by atoms with van der Waals surface area (Å²) in [5.74, 6) is -0.973. The highest BCUT2D eigenvalue weighted by molar-refractivity contribution is 6.16. The number of aryl methyl sites for hydroxylation is 1. The van der Waals surface area contributed by atoms with E-state index in [4.69, 9.17) is 16.0 Å². The topological polar surface area (TPSA) is 26.0 Å². The van der Waals surface area contributed by atoms with Crippen molar-refractivity contribution >= 4 is 11.6 Å². The summed E-state index contributed by atoms with van der Waals surface area (Å²) in [4.78, 5) is 3.79. The van der Waals surface area contributed by atoms with Gasteiger partial charge in [0.1, 0.15) is 11.6 Å². The fraction of sp³-hybridized carbons (Fsp3) is 0.182. The van der Waals surface area contributed by atoms with Gasteiger partial charge in [-0.15, -0.1) is 11.6 Å². The van der Waals surface area contributed by atoms with Crippen LogP contribution in [0.3, 0.4) is 0 Å². The first-order chi connectivity index (χ1) is 7.63. The molecule has 1 aromatic carbocycles. The molecule has 0 spiro atoms. The van der Waals surface area contributed by atoms with Gasteiger partial charge < -0.3 is 4.42 Å². The van der Waals surface area contributed by atoms with Crippen LogP contribution in [0.4, 0.5) is 8.78 Å². The van der Waals surface area contributed by atoms with Gasteiger partial charge in [-0.2, -0.15) is 0 Å². The van der Waals surface area contributed by atoms with Gasteiger partial charge in [0.05, 0.1) is 17.6 Å². The minimum Gasteiger partial charge on any atom is -0.439 e. The molecular weight excluding hydrogens is 236 g/mol. The van der Waals surface area contributed by atoms with E-state index in [-0.39, 0.29) is 23.1 Å². The van der Waals surface area contributed by atoms with Gasteiger partial charge in [-0.1, -0.05) is 6.07 Å². The molecule has 16 heavy (non-hydrogen) atoms. The van der Waals surface area contributed by atoms with Gasteiger partial charge in [-0.3, -0.25) is 0 Å². The number of hydrogen-bond acceptors (Lipinski definition) is 2. The van der Waals surface area contributed by atoms with E-state index < -0.39 is 11.6 Å². The predicted molar refractivity (Wildman–Crippen MR) is 56.1 cm³/mol. The van der Waals surface area contributed by atoms with E-state index in [2.05, 4.69) is 4.98 Å². The minimum atomic E-state index is -0.680. The summed E-state index contributed by atoms with van der Waals surface area (Å²) in [6, 6.07) is 2.56. The van der Waals surface area contributed by atoms with Gasteiger partial charge >= 0.3 is 0 Å². The van der Waals surface area contributed by atoms with Crippen molar-refractivity contribution in [1.29, 1.82) is 0 Å². The van der Waals surface area contributed by atoms with Gasteiger partial charge in [0.25, 0.3) is 0 Å². The van der Waals surface area contributed by atoms with Crippen molar-refractivity contribution in [3.8, 4) is 11.3 Å². The molecule has 1 heterocycles. The number of benzene rings is 1. The highest BCUT2D eigenvalue weighted by atomic mass is 35.5. The van der Waals surface area contributed by atoms with E-state index in [1.807, 2.05) is 0 Å². The maximum Gasteiger partial charge on any atom is 0.209 e. The molecule has 0 aliphatic heterocycles. The largest absolute Gasteiger partial charge is 0.439 e. The average Bonchev–Trinajstić information content (AvgIpc) is 2.73. The quantitative estimate of drug-likeness (QED) is 0.753. The van der Waals surface area contributed by atoms with Gasteiger partial charge in [-0.05, 0) is 18.6 Å². The summed E-state index contributed by atoms with van der Waals surface area (Å²) in [6.07, 6.45) is 1.26. The monoisotopic (exact) mass is 243 g/mol. The van der Waals surface area contributed by atoms with Crippen molar-refractivity contribution in [3.05, 3.63) is 41.4 Å². The number of oxazole rings is 1. The Kier molecular flexibility index (Phi) is 2.92. The summed E-state index contributed by atoms with van der Waals surface area (Å²) in [5.41, 5.74) is 0.143. The summed E-state index contributed by atoms with van der Waals surface area (Å²) in [7, 11) is 0. The van der Waals surface area contributed by atoms with Crippen LogP contribution in [0.15, 0.2) is 22.7 Å². The van der Waals surface area contributed by atoms with Crippen molar-refractivity contribution in [1.82, 2.24) is 4.98 Å². The molecule has 1 aromatic heterocycles. The number of hydrogen-bond donors (Lipinski definition) is 0. The maximum atomic E-state index is 13.7. The molecule has 0 radical (unpaired) electrons. The maximum absolute atomic E-state index is 13.7. The lowest BCUT2D eigenvalue weighted by molar-refractivity contribution is 0.513. The van der Waals surface area contributed by atoms with Crippen LogP contribution in [0.25, 0.3) is 11.3 Å². The molecule has 2 rings (SSSR count). The van der Waals surface area contributed by atoms with Crippen LogP contribution < -0.4 is 0 Å². The molecular formula is C11H8ClF2NO. The Morgan fingerprint density at radius 2 is 2.12 bits per heavy atom. The molecule has 2 aromatic rings. The van der Waals surface area contributed by atoms with E-state index in [0.29, 0.717) is 5.56 Å². The molecule has 2 nitrogen and oxygen atoms in total. The van der Waals surface area contributed by atoms with Crippen molar-refractivity contribution in [2.75, 3.05) is 0 Å². The lowest BCUT2D eigenvalue weighted by atomic mass is 10.1. The Morgan fingerprint density at radius 3 is 2.75 bits per heavy atom. The third kappa shape index (κ3) is 1.80. The first-order valence-corrected chi connectivity index (χ1v) is 5.12. The zero-order chi connectivity index (χ0) is 11.7. The Balaban J connectivity index is 2.58. The summed E-state index contributed by atoms with van der Waals surface area (Å²) in [6.45, 7) is 1.55. The van der Waals surface area contributed by atoms with Crippen LogP contribution >= 0.6 is 11.6 Å². The van der Waals surface area contributed by atoms with Crippen LogP contribution in [0.2, 0.25) is 0 Å². The Labute approximate surface area is 95.9 Å². The summed E-state index contributed by atoms with van der Waals surface area (Å²) in [5, 5.41) is 0. The fourth-order valence-corrected chi connectivity index (χ4v) is 1.49. The predicted octanol–water partition coefficient (Wildman–Crippen LogP) is 3.67. The smallest absolute Gasteiger partial charge is 0.209 e.